The zero-order valence-electron chi connectivity index (χ0n) is 13.4. The summed E-state index contributed by atoms with van der Waals surface area (Å²) in [5, 5.41) is 0. The maximum Gasteiger partial charge on any atom is 0.387 e. The van der Waals surface area contributed by atoms with Gasteiger partial charge in [0.25, 0.3) is 0 Å². The molecule has 1 rings (SSSR count). The lowest BCUT2D eigenvalue weighted by atomic mass is 9.93. The summed E-state index contributed by atoms with van der Waals surface area (Å²) in [6.07, 6.45) is 0.174. The SMILES string of the molecule is CC(C)(C)OC(=O)CCC(CN)c1c(F)cccc1OC(F)F. The minimum atomic E-state index is -3.07. The first kappa shape index (κ1) is 19.3. The van der Waals surface area contributed by atoms with Crippen molar-refractivity contribution in [3.63, 3.8) is 0 Å². The smallest absolute Gasteiger partial charge is 0.387 e. The molecule has 1 aromatic carbocycles. The number of carbonyl (C=O) groups is 1. The Morgan fingerprint density at radius 1 is 1.30 bits per heavy atom. The number of rotatable bonds is 7. The van der Waals surface area contributed by atoms with E-state index in [0.29, 0.717) is 0 Å². The quantitative estimate of drug-likeness (QED) is 0.775. The monoisotopic (exact) mass is 333 g/mol. The van der Waals surface area contributed by atoms with Gasteiger partial charge in [-0.1, -0.05) is 6.07 Å². The van der Waals surface area contributed by atoms with Gasteiger partial charge in [0.05, 0.1) is 0 Å². The lowest BCUT2D eigenvalue weighted by Crippen LogP contribution is -2.25. The highest BCUT2D eigenvalue weighted by molar-refractivity contribution is 5.70. The molecule has 0 fully saturated rings. The van der Waals surface area contributed by atoms with Crippen LogP contribution in [-0.2, 0) is 9.53 Å². The van der Waals surface area contributed by atoms with Crippen LogP contribution < -0.4 is 10.5 Å². The normalized spacial score (nSPS) is 13.0. The number of esters is 1. The molecule has 23 heavy (non-hydrogen) atoms. The Hall–Kier alpha value is -1.76. The first-order chi connectivity index (χ1) is 10.6. The number of carbonyl (C=O) groups excluding carboxylic acids is 1. The van der Waals surface area contributed by atoms with Gasteiger partial charge in [-0.2, -0.15) is 8.78 Å². The fraction of sp³-hybridized carbons (Fsp3) is 0.562. The third kappa shape index (κ3) is 6.48. The lowest BCUT2D eigenvalue weighted by Gasteiger charge is -2.22. The van der Waals surface area contributed by atoms with Crippen molar-refractivity contribution >= 4 is 5.97 Å². The molecule has 0 aliphatic heterocycles. The van der Waals surface area contributed by atoms with Crippen LogP contribution in [0.15, 0.2) is 18.2 Å². The van der Waals surface area contributed by atoms with E-state index in [4.69, 9.17) is 10.5 Å². The van der Waals surface area contributed by atoms with E-state index in [9.17, 15) is 18.0 Å². The average molecular weight is 333 g/mol. The summed E-state index contributed by atoms with van der Waals surface area (Å²) in [5.41, 5.74) is 4.95. The largest absolute Gasteiger partial charge is 0.460 e. The molecule has 1 atom stereocenters. The zero-order valence-corrected chi connectivity index (χ0v) is 13.4. The minimum absolute atomic E-state index is 0.00158. The molecule has 0 saturated heterocycles. The predicted molar refractivity (Wildman–Crippen MR) is 79.9 cm³/mol. The van der Waals surface area contributed by atoms with E-state index in [-0.39, 0.29) is 30.7 Å². The van der Waals surface area contributed by atoms with Crippen molar-refractivity contribution in [2.75, 3.05) is 6.54 Å². The van der Waals surface area contributed by atoms with Crippen LogP contribution in [0.2, 0.25) is 0 Å². The summed E-state index contributed by atoms with van der Waals surface area (Å²) in [7, 11) is 0. The standard InChI is InChI=1S/C16H22F3NO3/c1-16(2,3)23-13(21)8-7-10(9-20)14-11(17)5-4-6-12(14)22-15(18)19/h4-6,10,15H,7-9,20H2,1-3H3. The molecule has 130 valence electrons. The third-order valence-electron chi connectivity index (χ3n) is 3.04. The number of ether oxygens (including phenoxy) is 2. The van der Waals surface area contributed by atoms with Gasteiger partial charge >= 0.3 is 12.6 Å². The highest BCUT2D eigenvalue weighted by Crippen LogP contribution is 2.33. The van der Waals surface area contributed by atoms with E-state index in [2.05, 4.69) is 4.74 Å². The Bertz CT molecular complexity index is 530. The van der Waals surface area contributed by atoms with E-state index in [1.165, 1.54) is 12.1 Å². The lowest BCUT2D eigenvalue weighted by molar-refractivity contribution is -0.155. The van der Waals surface area contributed by atoms with Crippen molar-refractivity contribution in [2.24, 2.45) is 5.73 Å². The number of benzene rings is 1. The van der Waals surface area contributed by atoms with E-state index >= 15 is 0 Å². The predicted octanol–water partition coefficient (Wildman–Crippen LogP) is 3.59. The molecular weight excluding hydrogens is 311 g/mol. The molecule has 0 heterocycles. The van der Waals surface area contributed by atoms with Crippen LogP contribution in [0.3, 0.4) is 0 Å². The van der Waals surface area contributed by atoms with Crippen LogP contribution in [0.4, 0.5) is 13.2 Å². The first-order valence-corrected chi connectivity index (χ1v) is 7.29. The molecule has 0 aromatic heterocycles. The molecule has 4 nitrogen and oxygen atoms in total. The maximum atomic E-state index is 14.0. The second-order valence-electron chi connectivity index (χ2n) is 6.09. The third-order valence-corrected chi connectivity index (χ3v) is 3.04. The van der Waals surface area contributed by atoms with Crippen LogP contribution in [0.25, 0.3) is 0 Å². The Morgan fingerprint density at radius 3 is 2.48 bits per heavy atom. The molecule has 0 spiro atoms. The molecule has 0 radical (unpaired) electrons. The van der Waals surface area contributed by atoms with Gasteiger partial charge in [0.1, 0.15) is 17.2 Å². The van der Waals surface area contributed by atoms with Crippen molar-refractivity contribution in [2.45, 2.75) is 51.7 Å². The Morgan fingerprint density at radius 2 is 1.96 bits per heavy atom. The van der Waals surface area contributed by atoms with Gasteiger partial charge in [0.2, 0.25) is 0 Å². The van der Waals surface area contributed by atoms with Crippen LogP contribution in [0.1, 0.15) is 45.1 Å². The molecule has 2 N–H and O–H groups in total. The fourth-order valence-corrected chi connectivity index (χ4v) is 2.18. The molecule has 1 unspecified atom stereocenters. The van der Waals surface area contributed by atoms with Gasteiger partial charge in [-0.15, -0.1) is 0 Å². The van der Waals surface area contributed by atoms with Gasteiger partial charge in [-0.3, -0.25) is 4.79 Å². The zero-order chi connectivity index (χ0) is 17.6. The first-order valence-electron chi connectivity index (χ1n) is 7.29. The fourth-order valence-electron chi connectivity index (χ4n) is 2.18. The van der Waals surface area contributed by atoms with Gasteiger partial charge in [0, 0.05) is 17.9 Å². The molecule has 0 bridgehead atoms. The molecule has 1 aromatic rings. The van der Waals surface area contributed by atoms with E-state index in [0.717, 1.165) is 6.07 Å². The van der Waals surface area contributed by atoms with Crippen LogP contribution in [-0.4, -0.2) is 24.7 Å². The second kappa shape index (κ2) is 8.19. The number of alkyl halides is 2. The van der Waals surface area contributed by atoms with Crippen LogP contribution in [0.5, 0.6) is 5.75 Å². The Kier molecular flexibility index (Phi) is 6.87. The van der Waals surface area contributed by atoms with Gasteiger partial charge in [0.15, 0.2) is 0 Å². The highest BCUT2D eigenvalue weighted by atomic mass is 19.3. The summed E-state index contributed by atoms with van der Waals surface area (Å²) in [6, 6.07) is 3.67. The summed E-state index contributed by atoms with van der Waals surface area (Å²) in [5.74, 6) is -2.04. The van der Waals surface area contributed by atoms with E-state index in [1.807, 2.05) is 0 Å². The number of nitrogens with two attached hydrogens (primary N) is 1. The summed E-state index contributed by atoms with van der Waals surface area (Å²) in [4.78, 5) is 11.7. The molecule has 0 amide bonds. The topological polar surface area (TPSA) is 61.5 Å². The van der Waals surface area contributed by atoms with Crippen molar-refractivity contribution in [3.05, 3.63) is 29.6 Å². The molecule has 0 aliphatic rings. The maximum absolute atomic E-state index is 14.0. The Balaban J connectivity index is 2.87. The van der Waals surface area contributed by atoms with Crippen molar-refractivity contribution in [3.8, 4) is 5.75 Å². The van der Waals surface area contributed by atoms with Gasteiger partial charge in [-0.25, -0.2) is 4.39 Å². The highest BCUT2D eigenvalue weighted by Gasteiger charge is 2.23. The van der Waals surface area contributed by atoms with Crippen molar-refractivity contribution < 1.29 is 27.4 Å². The van der Waals surface area contributed by atoms with Gasteiger partial charge in [-0.05, 0) is 45.9 Å². The van der Waals surface area contributed by atoms with E-state index in [1.54, 1.807) is 20.8 Å². The van der Waals surface area contributed by atoms with E-state index < -0.39 is 29.9 Å². The summed E-state index contributed by atoms with van der Waals surface area (Å²) in [6.45, 7) is 2.12. The van der Waals surface area contributed by atoms with Crippen molar-refractivity contribution in [1.29, 1.82) is 0 Å². The molecule has 0 aliphatic carbocycles. The molecular formula is C16H22F3NO3. The number of hydrogen-bond donors (Lipinski definition) is 1. The van der Waals surface area contributed by atoms with Crippen LogP contribution >= 0.6 is 0 Å². The summed E-state index contributed by atoms with van der Waals surface area (Å²) >= 11 is 0. The Labute approximate surface area is 133 Å². The number of halogens is 3. The van der Waals surface area contributed by atoms with Crippen molar-refractivity contribution in [1.82, 2.24) is 0 Å². The summed E-state index contributed by atoms with van der Waals surface area (Å²) < 4.78 is 48.5. The minimum Gasteiger partial charge on any atom is -0.460 e. The molecule has 7 heteroatoms. The average Bonchev–Trinajstić information content (AvgIpc) is 2.39. The number of hydrogen-bond acceptors (Lipinski definition) is 4. The van der Waals surface area contributed by atoms with Crippen LogP contribution in [0, 0.1) is 5.82 Å². The molecule has 0 saturated carbocycles. The van der Waals surface area contributed by atoms with Gasteiger partial charge < -0.3 is 15.2 Å². The second-order valence-corrected chi connectivity index (χ2v) is 6.09.